The number of nitrogens with zero attached hydrogens (tertiary/aromatic N) is 1. The van der Waals surface area contributed by atoms with Gasteiger partial charge in [-0.15, -0.1) is 0 Å². The van der Waals surface area contributed by atoms with E-state index in [-0.39, 0.29) is 11.2 Å². The number of nitrogen functional groups attached to an aromatic ring is 1. The summed E-state index contributed by atoms with van der Waals surface area (Å²) in [6.45, 7) is 0. The lowest BCUT2D eigenvalue weighted by Crippen LogP contribution is -2.04. The zero-order chi connectivity index (χ0) is 7.84. The van der Waals surface area contributed by atoms with Gasteiger partial charge in [-0.3, -0.25) is 14.4 Å². The topological polar surface area (TPSA) is 63.3 Å². The van der Waals surface area contributed by atoms with Gasteiger partial charge >= 0.3 is 0 Å². The molecule has 0 bridgehead atoms. The quantitative estimate of drug-likeness (QED) is 0.562. The van der Waals surface area contributed by atoms with Gasteiger partial charge in [0.05, 0.1) is 5.52 Å². The van der Waals surface area contributed by atoms with Crippen LogP contribution in [0.5, 0.6) is 0 Å². The normalized spacial score (nSPS) is 10.5. The van der Waals surface area contributed by atoms with E-state index in [4.69, 9.17) is 5.73 Å². The summed E-state index contributed by atoms with van der Waals surface area (Å²) in [7, 11) is 0. The molecule has 2 aromatic heterocycles. The molecule has 2 heterocycles. The Hall–Kier alpha value is -1.71. The maximum atomic E-state index is 10.9. The molecule has 0 spiro atoms. The van der Waals surface area contributed by atoms with Gasteiger partial charge in [0, 0.05) is 6.20 Å². The fraction of sp³-hybridized carbons (Fsp3) is 0. The van der Waals surface area contributed by atoms with Gasteiger partial charge in [0.1, 0.15) is 5.69 Å². The number of hydrogen-bond acceptors (Lipinski definition) is 2. The molecule has 0 aliphatic carbocycles. The molecule has 0 amide bonds. The van der Waals surface area contributed by atoms with Crippen LogP contribution >= 0.6 is 0 Å². The number of rotatable bonds is 0. The lowest BCUT2D eigenvalue weighted by atomic mass is 10.4. The van der Waals surface area contributed by atoms with Gasteiger partial charge in [-0.1, -0.05) is 6.07 Å². The van der Waals surface area contributed by atoms with Gasteiger partial charge in [-0.2, -0.15) is 0 Å². The van der Waals surface area contributed by atoms with Crippen LogP contribution in [0, 0.1) is 0 Å². The number of nitrogens with two attached hydrogens (primary N) is 1. The maximum absolute atomic E-state index is 10.9. The van der Waals surface area contributed by atoms with E-state index in [0.717, 1.165) is 5.52 Å². The standard InChI is InChI=1S/C7H7N3O/c8-6-5-3-1-2-4-10(5)9-7(6)11/h1-4H,8H2,(H,9,11). The number of fused-ring (bicyclic) bond motifs is 1. The SMILES string of the molecule is Nc1c(=O)[nH]n2ccccc12. The highest BCUT2D eigenvalue weighted by Crippen LogP contribution is 2.05. The first-order chi connectivity index (χ1) is 5.29. The minimum atomic E-state index is -0.240. The van der Waals surface area contributed by atoms with Gasteiger partial charge in [0.25, 0.3) is 5.56 Å². The molecule has 0 saturated heterocycles. The highest BCUT2D eigenvalue weighted by molar-refractivity contribution is 5.67. The zero-order valence-corrected chi connectivity index (χ0v) is 5.74. The fourth-order valence-corrected chi connectivity index (χ4v) is 1.05. The first-order valence-electron chi connectivity index (χ1n) is 3.24. The minimum absolute atomic E-state index is 0.240. The van der Waals surface area contributed by atoms with E-state index >= 15 is 0 Å². The number of H-pyrrole nitrogens is 1. The molecule has 3 N–H and O–H groups in total. The first-order valence-corrected chi connectivity index (χ1v) is 3.24. The van der Waals surface area contributed by atoms with E-state index < -0.39 is 0 Å². The molecule has 56 valence electrons. The molecule has 0 aliphatic heterocycles. The van der Waals surface area contributed by atoms with Crippen LogP contribution in [0.3, 0.4) is 0 Å². The Morgan fingerprint density at radius 1 is 1.45 bits per heavy atom. The molecule has 0 aliphatic rings. The van der Waals surface area contributed by atoms with Gasteiger partial charge in [-0.05, 0) is 12.1 Å². The number of hydrogen-bond donors (Lipinski definition) is 2. The predicted octanol–water partition coefficient (Wildman–Crippen LogP) is 0.210. The number of anilines is 1. The summed E-state index contributed by atoms with van der Waals surface area (Å²) in [4.78, 5) is 10.9. The van der Waals surface area contributed by atoms with E-state index in [1.54, 1.807) is 16.8 Å². The second kappa shape index (κ2) is 1.88. The number of nitrogens with one attached hydrogen (secondary N) is 1. The van der Waals surface area contributed by atoms with Crippen molar-refractivity contribution in [2.24, 2.45) is 0 Å². The summed E-state index contributed by atoms with van der Waals surface area (Å²) in [5, 5.41) is 2.56. The summed E-state index contributed by atoms with van der Waals surface area (Å²) < 4.78 is 1.59. The van der Waals surface area contributed by atoms with Crippen molar-refractivity contribution in [2.45, 2.75) is 0 Å². The second-order valence-electron chi connectivity index (χ2n) is 2.31. The Labute approximate surface area is 62.2 Å². The molecule has 0 unspecified atom stereocenters. The van der Waals surface area contributed by atoms with Crippen LogP contribution in [-0.4, -0.2) is 9.61 Å². The molecule has 2 rings (SSSR count). The molecule has 0 aromatic carbocycles. The molecule has 4 heteroatoms. The Morgan fingerprint density at radius 2 is 2.27 bits per heavy atom. The number of aromatic amines is 1. The van der Waals surface area contributed by atoms with Crippen molar-refractivity contribution < 1.29 is 0 Å². The average molecular weight is 149 g/mol. The van der Waals surface area contributed by atoms with Crippen molar-refractivity contribution in [3.05, 3.63) is 34.7 Å². The molecular formula is C7H7N3O. The van der Waals surface area contributed by atoms with Crippen LogP contribution in [0.2, 0.25) is 0 Å². The Morgan fingerprint density at radius 3 is 3.00 bits per heavy atom. The summed E-state index contributed by atoms with van der Waals surface area (Å²) in [6, 6.07) is 5.44. The summed E-state index contributed by atoms with van der Waals surface area (Å²) >= 11 is 0. The van der Waals surface area contributed by atoms with Crippen LogP contribution in [-0.2, 0) is 0 Å². The van der Waals surface area contributed by atoms with E-state index in [0.29, 0.717) is 0 Å². The van der Waals surface area contributed by atoms with Crippen LogP contribution in [0.4, 0.5) is 5.69 Å². The smallest absolute Gasteiger partial charge is 0.288 e. The monoisotopic (exact) mass is 149 g/mol. The summed E-state index contributed by atoms with van der Waals surface area (Å²) in [5.74, 6) is 0. The van der Waals surface area contributed by atoms with E-state index in [9.17, 15) is 4.79 Å². The fourth-order valence-electron chi connectivity index (χ4n) is 1.05. The molecule has 0 radical (unpaired) electrons. The van der Waals surface area contributed by atoms with Crippen LogP contribution in [0.25, 0.3) is 5.52 Å². The van der Waals surface area contributed by atoms with E-state index in [2.05, 4.69) is 5.10 Å². The number of aromatic nitrogens is 2. The third-order valence-corrected chi connectivity index (χ3v) is 1.60. The minimum Gasteiger partial charge on any atom is -0.392 e. The summed E-state index contributed by atoms with van der Waals surface area (Å²) in [5.41, 5.74) is 6.22. The molecule has 0 saturated carbocycles. The Kier molecular flexibility index (Phi) is 1.03. The predicted molar refractivity (Wildman–Crippen MR) is 42.4 cm³/mol. The van der Waals surface area contributed by atoms with Crippen molar-refractivity contribution in [3.8, 4) is 0 Å². The maximum Gasteiger partial charge on any atom is 0.288 e. The van der Waals surface area contributed by atoms with Crippen molar-refractivity contribution in [3.63, 3.8) is 0 Å². The third-order valence-electron chi connectivity index (χ3n) is 1.60. The molecule has 4 nitrogen and oxygen atoms in total. The van der Waals surface area contributed by atoms with Gasteiger partial charge in [0.2, 0.25) is 0 Å². The van der Waals surface area contributed by atoms with Crippen molar-refractivity contribution in [1.29, 1.82) is 0 Å². The lowest BCUT2D eigenvalue weighted by Gasteiger charge is -1.89. The molecular weight excluding hydrogens is 142 g/mol. The van der Waals surface area contributed by atoms with Crippen LogP contribution in [0.15, 0.2) is 29.2 Å². The number of pyridine rings is 1. The van der Waals surface area contributed by atoms with Crippen molar-refractivity contribution in [1.82, 2.24) is 9.61 Å². The molecule has 0 fully saturated rings. The molecule has 2 aromatic rings. The van der Waals surface area contributed by atoms with E-state index in [1.165, 1.54) is 0 Å². The van der Waals surface area contributed by atoms with E-state index in [1.807, 2.05) is 12.1 Å². The average Bonchev–Trinajstić information content (AvgIpc) is 2.30. The van der Waals surface area contributed by atoms with Gasteiger partial charge in [-0.25, -0.2) is 0 Å². The van der Waals surface area contributed by atoms with Crippen molar-refractivity contribution in [2.75, 3.05) is 5.73 Å². The lowest BCUT2D eigenvalue weighted by molar-refractivity contribution is 0.938. The van der Waals surface area contributed by atoms with Crippen LogP contribution < -0.4 is 11.3 Å². The van der Waals surface area contributed by atoms with Gasteiger partial charge < -0.3 is 5.73 Å². The Balaban J connectivity index is 3.04. The highest BCUT2D eigenvalue weighted by atomic mass is 16.1. The molecule has 0 atom stereocenters. The van der Waals surface area contributed by atoms with Crippen molar-refractivity contribution >= 4 is 11.2 Å². The third kappa shape index (κ3) is 0.724. The highest BCUT2D eigenvalue weighted by Gasteiger charge is 2.01. The first kappa shape index (κ1) is 6.03. The second-order valence-corrected chi connectivity index (χ2v) is 2.31. The van der Waals surface area contributed by atoms with Crippen LogP contribution in [0.1, 0.15) is 0 Å². The Bertz CT molecular complexity index is 440. The van der Waals surface area contributed by atoms with Gasteiger partial charge in [0.15, 0.2) is 0 Å². The summed E-state index contributed by atoms with van der Waals surface area (Å²) in [6.07, 6.45) is 1.74. The molecule has 11 heavy (non-hydrogen) atoms. The zero-order valence-electron chi connectivity index (χ0n) is 5.74. The largest absolute Gasteiger partial charge is 0.392 e.